The average Bonchev–Trinajstić information content (AvgIpc) is 2.74. The third kappa shape index (κ3) is 1.64. The van der Waals surface area contributed by atoms with Crippen LogP contribution in [-0.2, 0) is 0 Å². The molecule has 1 heteroatoms. The van der Waals surface area contributed by atoms with Gasteiger partial charge in [0, 0.05) is 18.2 Å². The van der Waals surface area contributed by atoms with Gasteiger partial charge in [-0.25, -0.2) is 0 Å². The highest BCUT2D eigenvalue weighted by Gasteiger charge is 2.29. The second-order valence-corrected chi connectivity index (χ2v) is 4.97. The van der Waals surface area contributed by atoms with Crippen LogP contribution in [-0.4, -0.2) is 6.54 Å². The first-order valence-electron chi connectivity index (χ1n) is 6.28. The Balaban J connectivity index is 1.83. The van der Waals surface area contributed by atoms with Gasteiger partial charge in [-0.1, -0.05) is 37.5 Å². The number of nitrogens with one attached hydrogen (secondary N) is 1. The standard InChI is InChI=1S/C14H19N/c1-2-6-11(7-3-1)13-10-15-14-9-5-4-8-12(13)14/h4-5,8-9,11,13,15H,1-3,6-7,10H2. The summed E-state index contributed by atoms with van der Waals surface area (Å²) in [7, 11) is 0. The average molecular weight is 201 g/mol. The van der Waals surface area contributed by atoms with Gasteiger partial charge in [-0.3, -0.25) is 0 Å². The van der Waals surface area contributed by atoms with Crippen molar-refractivity contribution < 1.29 is 0 Å². The Bertz CT molecular complexity index is 339. The largest absolute Gasteiger partial charge is 0.384 e. The minimum Gasteiger partial charge on any atom is -0.384 e. The van der Waals surface area contributed by atoms with Crippen LogP contribution in [0.4, 0.5) is 5.69 Å². The molecule has 0 bridgehead atoms. The van der Waals surface area contributed by atoms with Gasteiger partial charge in [0.25, 0.3) is 0 Å². The molecule has 1 unspecified atom stereocenters. The van der Waals surface area contributed by atoms with Gasteiger partial charge in [-0.2, -0.15) is 0 Å². The van der Waals surface area contributed by atoms with E-state index in [0.29, 0.717) is 0 Å². The summed E-state index contributed by atoms with van der Waals surface area (Å²) in [5, 5.41) is 3.55. The second-order valence-electron chi connectivity index (χ2n) is 4.97. The number of para-hydroxylation sites is 1. The molecule has 0 spiro atoms. The van der Waals surface area contributed by atoms with E-state index < -0.39 is 0 Å². The first-order chi connectivity index (χ1) is 7.45. The van der Waals surface area contributed by atoms with Gasteiger partial charge in [-0.05, 0) is 30.4 Å². The summed E-state index contributed by atoms with van der Waals surface area (Å²) in [6.45, 7) is 1.17. The zero-order valence-corrected chi connectivity index (χ0v) is 9.21. The van der Waals surface area contributed by atoms with Gasteiger partial charge in [0.1, 0.15) is 0 Å². The van der Waals surface area contributed by atoms with Crippen molar-refractivity contribution in [2.75, 3.05) is 11.9 Å². The normalized spacial score (nSPS) is 26.0. The summed E-state index contributed by atoms with van der Waals surface area (Å²) in [5.74, 6) is 1.73. The predicted octanol–water partition coefficient (Wildman–Crippen LogP) is 3.78. The minimum atomic E-state index is 0.793. The fraction of sp³-hybridized carbons (Fsp3) is 0.571. The fourth-order valence-electron chi connectivity index (χ4n) is 3.27. The molecule has 0 aromatic heterocycles. The smallest absolute Gasteiger partial charge is 0.0376 e. The molecule has 1 atom stereocenters. The molecular weight excluding hydrogens is 182 g/mol. The van der Waals surface area contributed by atoms with E-state index in [1.165, 1.54) is 44.3 Å². The van der Waals surface area contributed by atoms with Gasteiger partial charge < -0.3 is 5.32 Å². The molecule has 15 heavy (non-hydrogen) atoms. The molecule has 2 aliphatic rings. The lowest BCUT2D eigenvalue weighted by molar-refractivity contribution is 0.316. The molecule has 1 aromatic rings. The third-order valence-electron chi connectivity index (χ3n) is 4.09. The van der Waals surface area contributed by atoms with Gasteiger partial charge in [0.05, 0.1) is 0 Å². The van der Waals surface area contributed by atoms with Crippen molar-refractivity contribution in [2.45, 2.75) is 38.0 Å². The summed E-state index contributed by atoms with van der Waals surface area (Å²) in [6, 6.07) is 8.85. The van der Waals surface area contributed by atoms with Crippen molar-refractivity contribution >= 4 is 5.69 Å². The molecule has 1 heterocycles. The Morgan fingerprint density at radius 2 is 1.80 bits per heavy atom. The topological polar surface area (TPSA) is 12.0 Å². The lowest BCUT2D eigenvalue weighted by atomic mass is 9.78. The highest BCUT2D eigenvalue weighted by Crippen LogP contribution is 2.41. The Labute approximate surface area is 91.9 Å². The van der Waals surface area contributed by atoms with E-state index in [9.17, 15) is 0 Å². The molecule has 1 nitrogen and oxygen atoms in total. The molecule has 1 aliphatic carbocycles. The number of fused-ring (bicyclic) bond motifs is 1. The fourth-order valence-corrected chi connectivity index (χ4v) is 3.27. The van der Waals surface area contributed by atoms with Crippen LogP contribution in [0.15, 0.2) is 24.3 Å². The van der Waals surface area contributed by atoms with Gasteiger partial charge in [0.15, 0.2) is 0 Å². The minimum absolute atomic E-state index is 0.793. The summed E-state index contributed by atoms with van der Waals surface area (Å²) >= 11 is 0. The molecule has 0 saturated heterocycles. The van der Waals surface area contributed by atoms with Crippen LogP contribution < -0.4 is 5.32 Å². The number of anilines is 1. The van der Waals surface area contributed by atoms with Gasteiger partial charge >= 0.3 is 0 Å². The van der Waals surface area contributed by atoms with E-state index in [0.717, 1.165) is 11.8 Å². The summed E-state index contributed by atoms with van der Waals surface area (Å²) in [6.07, 6.45) is 7.24. The Morgan fingerprint density at radius 1 is 1.00 bits per heavy atom. The molecule has 1 fully saturated rings. The molecule has 0 radical (unpaired) electrons. The van der Waals surface area contributed by atoms with Crippen LogP contribution >= 0.6 is 0 Å². The van der Waals surface area contributed by atoms with Gasteiger partial charge in [-0.15, -0.1) is 0 Å². The monoisotopic (exact) mass is 201 g/mol. The quantitative estimate of drug-likeness (QED) is 0.729. The van der Waals surface area contributed by atoms with Crippen LogP contribution in [0.2, 0.25) is 0 Å². The van der Waals surface area contributed by atoms with Crippen molar-refractivity contribution in [3.63, 3.8) is 0 Å². The molecule has 1 N–H and O–H groups in total. The van der Waals surface area contributed by atoms with E-state index in [1.807, 2.05) is 0 Å². The lowest BCUT2D eigenvalue weighted by Gasteiger charge is -2.27. The van der Waals surface area contributed by atoms with Crippen LogP contribution in [0.1, 0.15) is 43.6 Å². The molecule has 1 aliphatic heterocycles. The number of hydrogen-bond donors (Lipinski definition) is 1. The van der Waals surface area contributed by atoms with E-state index >= 15 is 0 Å². The molecule has 1 aromatic carbocycles. The SMILES string of the molecule is c1ccc2c(c1)NCC2C1CCCCC1. The van der Waals surface area contributed by atoms with E-state index in [-0.39, 0.29) is 0 Å². The molecule has 0 amide bonds. The number of rotatable bonds is 1. The Kier molecular flexibility index (Phi) is 2.40. The number of benzene rings is 1. The van der Waals surface area contributed by atoms with Crippen molar-refractivity contribution in [3.05, 3.63) is 29.8 Å². The van der Waals surface area contributed by atoms with E-state index in [4.69, 9.17) is 0 Å². The highest BCUT2D eigenvalue weighted by molar-refractivity contribution is 5.57. The highest BCUT2D eigenvalue weighted by atomic mass is 14.9. The first kappa shape index (κ1) is 9.26. The predicted molar refractivity (Wildman–Crippen MR) is 64.2 cm³/mol. The van der Waals surface area contributed by atoms with Crippen LogP contribution in [0.3, 0.4) is 0 Å². The maximum atomic E-state index is 3.55. The zero-order valence-electron chi connectivity index (χ0n) is 9.21. The maximum absolute atomic E-state index is 3.55. The van der Waals surface area contributed by atoms with Crippen molar-refractivity contribution in [3.8, 4) is 0 Å². The lowest BCUT2D eigenvalue weighted by Crippen LogP contribution is -2.17. The summed E-state index contributed by atoms with van der Waals surface area (Å²) in [5.41, 5.74) is 2.96. The van der Waals surface area contributed by atoms with Crippen LogP contribution in [0.5, 0.6) is 0 Å². The summed E-state index contributed by atoms with van der Waals surface area (Å²) < 4.78 is 0. The number of hydrogen-bond acceptors (Lipinski definition) is 1. The first-order valence-corrected chi connectivity index (χ1v) is 6.28. The van der Waals surface area contributed by atoms with Crippen molar-refractivity contribution in [2.24, 2.45) is 5.92 Å². The molecule has 3 rings (SSSR count). The van der Waals surface area contributed by atoms with E-state index in [2.05, 4.69) is 29.6 Å². The summed E-state index contributed by atoms with van der Waals surface area (Å²) in [4.78, 5) is 0. The zero-order chi connectivity index (χ0) is 10.1. The Hall–Kier alpha value is -0.980. The molecule has 80 valence electrons. The van der Waals surface area contributed by atoms with E-state index in [1.54, 1.807) is 5.56 Å². The molecular formula is C14H19N. The van der Waals surface area contributed by atoms with Crippen molar-refractivity contribution in [1.82, 2.24) is 0 Å². The van der Waals surface area contributed by atoms with Crippen molar-refractivity contribution in [1.29, 1.82) is 0 Å². The third-order valence-corrected chi connectivity index (χ3v) is 4.09. The molecule has 1 saturated carbocycles. The van der Waals surface area contributed by atoms with Gasteiger partial charge in [0.2, 0.25) is 0 Å². The maximum Gasteiger partial charge on any atom is 0.0376 e. The van der Waals surface area contributed by atoms with Crippen LogP contribution in [0, 0.1) is 5.92 Å². The second kappa shape index (κ2) is 3.88. The van der Waals surface area contributed by atoms with Crippen LogP contribution in [0.25, 0.3) is 0 Å². The Morgan fingerprint density at radius 3 is 2.67 bits per heavy atom.